The molecule has 2 N–H and O–H groups in total. The summed E-state index contributed by atoms with van der Waals surface area (Å²) in [5, 5.41) is 6.88. The lowest BCUT2D eigenvalue weighted by atomic mass is 9.95. The first-order valence-electron chi connectivity index (χ1n) is 11.8. The molecule has 3 aromatic rings. The summed E-state index contributed by atoms with van der Waals surface area (Å²) in [6.07, 6.45) is 2.60. The van der Waals surface area contributed by atoms with E-state index < -0.39 is 0 Å². The fourth-order valence-corrected chi connectivity index (χ4v) is 4.47. The second-order valence-electron chi connectivity index (χ2n) is 8.66. The number of halogens is 1. The van der Waals surface area contributed by atoms with Gasteiger partial charge in [-0.3, -0.25) is 9.59 Å². The number of nitrogens with zero attached hydrogens (tertiary/aromatic N) is 1. The van der Waals surface area contributed by atoms with Crippen molar-refractivity contribution in [2.45, 2.75) is 32.2 Å². The molecule has 0 aliphatic carbocycles. The van der Waals surface area contributed by atoms with Crippen molar-refractivity contribution in [1.82, 2.24) is 4.90 Å². The van der Waals surface area contributed by atoms with Crippen LogP contribution in [0.2, 0.25) is 5.02 Å². The van der Waals surface area contributed by atoms with E-state index in [1.54, 1.807) is 6.07 Å². The number of hydrogen-bond donors (Lipinski definition) is 2. The van der Waals surface area contributed by atoms with E-state index in [0.717, 1.165) is 12.1 Å². The molecule has 176 valence electrons. The van der Waals surface area contributed by atoms with Crippen LogP contribution in [-0.4, -0.2) is 29.8 Å². The van der Waals surface area contributed by atoms with Crippen molar-refractivity contribution in [3.05, 3.63) is 95.0 Å². The van der Waals surface area contributed by atoms with Crippen molar-refractivity contribution in [1.29, 1.82) is 0 Å². The average molecular weight is 476 g/mol. The molecule has 5 nitrogen and oxygen atoms in total. The lowest BCUT2D eigenvalue weighted by Gasteiger charge is -2.31. The Labute approximate surface area is 206 Å². The van der Waals surface area contributed by atoms with Gasteiger partial charge in [-0.25, -0.2) is 0 Å². The first-order chi connectivity index (χ1) is 16.6. The van der Waals surface area contributed by atoms with E-state index in [2.05, 4.69) is 22.8 Å². The minimum atomic E-state index is -0.104. The zero-order chi connectivity index (χ0) is 23.8. The van der Waals surface area contributed by atoms with Gasteiger partial charge >= 0.3 is 0 Å². The molecule has 6 heteroatoms. The number of amides is 2. The van der Waals surface area contributed by atoms with Gasteiger partial charge in [0.05, 0.1) is 10.7 Å². The summed E-state index contributed by atoms with van der Waals surface area (Å²) < 4.78 is 0. The number of hydrogen-bond acceptors (Lipinski definition) is 3. The molecule has 34 heavy (non-hydrogen) atoms. The summed E-state index contributed by atoms with van der Waals surface area (Å²) in [7, 11) is 0. The Morgan fingerprint density at radius 1 is 0.882 bits per heavy atom. The molecule has 1 aliphatic heterocycles. The van der Waals surface area contributed by atoms with Crippen LogP contribution < -0.4 is 10.6 Å². The van der Waals surface area contributed by atoms with Crippen LogP contribution in [-0.2, 0) is 22.6 Å². The van der Waals surface area contributed by atoms with E-state index in [-0.39, 0.29) is 17.7 Å². The first-order valence-corrected chi connectivity index (χ1v) is 12.2. The van der Waals surface area contributed by atoms with E-state index >= 15 is 0 Å². The van der Waals surface area contributed by atoms with Crippen molar-refractivity contribution in [2.24, 2.45) is 5.92 Å². The second-order valence-corrected chi connectivity index (χ2v) is 9.07. The number of nitrogens with one attached hydrogen (secondary N) is 2. The third-order valence-corrected chi connectivity index (χ3v) is 6.56. The molecule has 0 aromatic heterocycles. The number of likely N-dealkylation sites (tertiary alicyclic amines) is 1. The van der Waals surface area contributed by atoms with E-state index in [0.29, 0.717) is 49.6 Å². The molecular weight excluding hydrogens is 446 g/mol. The van der Waals surface area contributed by atoms with E-state index in [1.165, 1.54) is 11.1 Å². The lowest BCUT2D eigenvalue weighted by molar-refractivity contribution is -0.134. The maximum Gasteiger partial charge on any atom is 0.227 e. The molecule has 3 aromatic carbocycles. The van der Waals surface area contributed by atoms with Crippen molar-refractivity contribution < 1.29 is 9.59 Å². The molecule has 0 saturated carbocycles. The summed E-state index contributed by atoms with van der Waals surface area (Å²) in [4.78, 5) is 27.2. The molecule has 0 unspecified atom stereocenters. The molecule has 0 spiro atoms. The first kappa shape index (κ1) is 23.8. The van der Waals surface area contributed by atoms with Crippen LogP contribution in [0.15, 0.2) is 78.9 Å². The minimum absolute atomic E-state index is 0.0163. The summed E-state index contributed by atoms with van der Waals surface area (Å²) in [5.74, 6) is 0.0401. The molecule has 4 rings (SSSR count). The summed E-state index contributed by atoms with van der Waals surface area (Å²) >= 11 is 6.43. The van der Waals surface area contributed by atoms with Gasteiger partial charge in [-0.05, 0) is 48.6 Å². The van der Waals surface area contributed by atoms with Gasteiger partial charge in [-0.15, -0.1) is 0 Å². The van der Waals surface area contributed by atoms with Crippen LogP contribution in [0.1, 0.15) is 30.4 Å². The molecule has 1 fully saturated rings. The summed E-state index contributed by atoms with van der Waals surface area (Å²) in [6.45, 7) is 1.92. The highest BCUT2D eigenvalue weighted by atomic mass is 35.5. The Morgan fingerprint density at radius 3 is 2.18 bits per heavy atom. The molecule has 2 amide bonds. The standard InChI is InChI=1S/C28H30ClN3O2/c29-25-19-24(12-13-26(25)30-20-22-9-5-2-6-10-22)31-28(34)23-15-17-32(18-16-23)27(33)14-11-21-7-3-1-4-8-21/h1-10,12-13,19,23,30H,11,14-18,20H2,(H,31,34). The van der Waals surface area contributed by atoms with E-state index in [9.17, 15) is 9.59 Å². The Balaban J connectivity index is 1.22. The van der Waals surface area contributed by atoms with E-state index in [1.807, 2.05) is 65.6 Å². The zero-order valence-corrected chi connectivity index (χ0v) is 19.9. The van der Waals surface area contributed by atoms with Crippen LogP contribution in [0, 0.1) is 5.92 Å². The van der Waals surface area contributed by atoms with Crippen LogP contribution in [0.25, 0.3) is 0 Å². The van der Waals surface area contributed by atoms with Crippen LogP contribution in [0.3, 0.4) is 0 Å². The Hall–Kier alpha value is -3.31. The van der Waals surface area contributed by atoms with Gasteiger partial charge in [0.15, 0.2) is 0 Å². The van der Waals surface area contributed by atoms with Gasteiger partial charge in [0, 0.05) is 37.7 Å². The van der Waals surface area contributed by atoms with Gasteiger partial charge in [0.1, 0.15) is 0 Å². The smallest absolute Gasteiger partial charge is 0.227 e. The number of carbonyl (C=O) groups excluding carboxylic acids is 2. The van der Waals surface area contributed by atoms with Gasteiger partial charge < -0.3 is 15.5 Å². The molecule has 0 bridgehead atoms. The number of carbonyl (C=O) groups is 2. The second kappa shape index (κ2) is 11.7. The maximum atomic E-state index is 12.8. The van der Waals surface area contributed by atoms with Crippen molar-refractivity contribution >= 4 is 34.8 Å². The van der Waals surface area contributed by atoms with Gasteiger partial charge in [-0.1, -0.05) is 72.3 Å². The predicted octanol–water partition coefficient (Wildman–Crippen LogP) is 5.76. The average Bonchev–Trinajstić information content (AvgIpc) is 2.88. The van der Waals surface area contributed by atoms with Crippen molar-refractivity contribution in [2.75, 3.05) is 23.7 Å². The molecule has 1 saturated heterocycles. The van der Waals surface area contributed by atoms with Crippen LogP contribution >= 0.6 is 11.6 Å². The topological polar surface area (TPSA) is 61.4 Å². The van der Waals surface area contributed by atoms with Crippen molar-refractivity contribution in [3.8, 4) is 0 Å². The zero-order valence-electron chi connectivity index (χ0n) is 19.2. The third kappa shape index (κ3) is 6.61. The predicted molar refractivity (Wildman–Crippen MR) is 138 cm³/mol. The van der Waals surface area contributed by atoms with Crippen molar-refractivity contribution in [3.63, 3.8) is 0 Å². The Bertz CT molecular complexity index is 1100. The fraction of sp³-hybridized carbons (Fsp3) is 0.286. The molecule has 0 radical (unpaired) electrons. The lowest BCUT2D eigenvalue weighted by Crippen LogP contribution is -2.41. The summed E-state index contributed by atoms with van der Waals surface area (Å²) in [5.41, 5.74) is 3.85. The molecular formula is C28H30ClN3O2. The minimum Gasteiger partial charge on any atom is -0.380 e. The van der Waals surface area contributed by atoms with Crippen LogP contribution in [0.5, 0.6) is 0 Å². The summed E-state index contributed by atoms with van der Waals surface area (Å²) in [6, 6.07) is 25.7. The largest absolute Gasteiger partial charge is 0.380 e. The molecule has 0 atom stereocenters. The number of benzene rings is 3. The third-order valence-electron chi connectivity index (χ3n) is 6.25. The molecule has 1 aliphatic rings. The highest BCUT2D eigenvalue weighted by molar-refractivity contribution is 6.33. The number of aryl methyl sites for hydroxylation is 1. The van der Waals surface area contributed by atoms with Crippen LogP contribution in [0.4, 0.5) is 11.4 Å². The molecule has 1 heterocycles. The normalized spacial score (nSPS) is 14.0. The Kier molecular flexibility index (Phi) is 8.21. The number of piperidine rings is 1. The number of anilines is 2. The fourth-order valence-electron chi connectivity index (χ4n) is 4.22. The van der Waals surface area contributed by atoms with Gasteiger partial charge in [-0.2, -0.15) is 0 Å². The van der Waals surface area contributed by atoms with Gasteiger partial charge in [0.2, 0.25) is 11.8 Å². The maximum absolute atomic E-state index is 12.8. The van der Waals surface area contributed by atoms with E-state index in [4.69, 9.17) is 11.6 Å². The Morgan fingerprint density at radius 2 is 1.53 bits per heavy atom. The quantitative estimate of drug-likeness (QED) is 0.435. The van der Waals surface area contributed by atoms with Gasteiger partial charge in [0.25, 0.3) is 0 Å². The SMILES string of the molecule is O=C(Nc1ccc(NCc2ccccc2)c(Cl)c1)C1CCN(C(=O)CCc2ccccc2)CC1. The monoisotopic (exact) mass is 475 g/mol. The highest BCUT2D eigenvalue weighted by Gasteiger charge is 2.27. The number of rotatable bonds is 8. The highest BCUT2D eigenvalue weighted by Crippen LogP contribution is 2.27.